The molecule has 2 rings (SSSR count). The second kappa shape index (κ2) is 6.26. The largest absolute Gasteiger partial charge is 0.495 e. The number of methoxy groups -OCH3 is 1. The normalized spacial score (nSPS) is 17.4. The van der Waals surface area contributed by atoms with E-state index >= 15 is 0 Å². The first-order chi connectivity index (χ1) is 9.11. The summed E-state index contributed by atoms with van der Waals surface area (Å²) >= 11 is 6.05. The molecular weight excluding hydrogens is 266 g/mol. The summed E-state index contributed by atoms with van der Waals surface area (Å²) < 4.78 is 5.07. The van der Waals surface area contributed by atoms with Crippen LogP contribution in [-0.2, 0) is 4.79 Å². The third-order valence-electron chi connectivity index (χ3n) is 3.51. The number of carboxylic acids is 1. The number of carboxylic acid groups (broad SMARTS) is 1. The van der Waals surface area contributed by atoms with Crippen molar-refractivity contribution in [3.8, 4) is 5.75 Å². The maximum Gasteiger partial charge on any atom is 0.325 e. The number of hydrogen-bond donors (Lipinski definition) is 2. The number of nitrogens with one attached hydrogen (secondary N) is 1. The van der Waals surface area contributed by atoms with Crippen LogP contribution in [0.2, 0.25) is 5.02 Å². The summed E-state index contributed by atoms with van der Waals surface area (Å²) in [6.45, 7) is 0. The van der Waals surface area contributed by atoms with Crippen molar-refractivity contribution in [2.75, 3.05) is 7.11 Å². The fourth-order valence-electron chi connectivity index (χ4n) is 2.50. The zero-order chi connectivity index (χ0) is 13.8. The van der Waals surface area contributed by atoms with E-state index in [9.17, 15) is 9.90 Å². The number of halogens is 1. The first-order valence-electron chi connectivity index (χ1n) is 6.44. The Bertz CT molecular complexity index is 458. The number of rotatable bonds is 5. The Morgan fingerprint density at radius 1 is 1.47 bits per heavy atom. The van der Waals surface area contributed by atoms with Crippen LogP contribution in [0.4, 0.5) is 0 Å². The van der Waals surface area contributed by atoms with E-state index in [4.69, 9.17) is 16.3 Å². The van der Waals surface area contributed by atoms with Gasteiger partial charge in [-0.1, -0.05) is 30.5 Å². The van der Waals surface area contributed by atoms with Gasteiger partial charge in [-0.3, -0.25) is 10.1 Å². The van der Waals surface area contributed by atoms with Gasteiger partial charge in [0.2, 0.25) is 0 Å². The van der Waals surface area contributed by atoms with E-state index in [2.05, 4.69) is 5.32 Å². The molecule has 1 saturated carbocycles. The van der Waals surface area contributed by atoms with Gasteiger partial charge in [-0.2, -0.15) is 0 Å². The number of aliphatic carboxylic acids is 1. The molecule has 19 heavy (non-hydrogen) atoms. The van der Waals surface area contributed by atoms with Crippen molar-refractivity contribution in [2.45, 2.75) is 37.8 Å². The highest BCUT2D eigenvalue weighted by atomic mass is 35.5. The van der Waals surface area contributed by atoms with Gasteiger partial charge in [0.05, 0.1) is 12.1 Å². The summed E-state index contributed by atoms with van der Waals surface area (Å²) in [5, 5.41) is 13.0. The van der Waals surface area contributed by atoms with Gasteiger partial charge in [0.15, 0.2) is 0 Å². The van der Waals surface area contributed by atoms with Crippen LogP contribution in [0, 0.1) is 0 Å². The number of benzene rings is 1. The number of hydrogen-bond acceptors (Lipinski definition) is 3. The minimum absolute atomic E-state index is 0.280. The molecule has 1 atom stereocenters. The Balaban J connectivity index is 2.18. The van der Waals surface area contributed by atoms with E-state index in [0.29, 0.717) is 16.3 Å². The average molecular weight is 284 g/mol. The van der Waals surface area contributed by atoms with E-state index in [-0.39, 0.29) is 6.04 Å². The Morgan fingerprint density at radius 3 is 2.68 bits per heavy atom. The van der Waals surface area contributed by atoms with Crippen molar-refractivity contribution in [1.29, 1.82) is 0 Å². The third kappa shape index (κ3) is 3.39. The van der Waals surface area contributed by atoms with Gasteiger partial charge in [-0.25, -0.2) is 0 Å². The average Bonchev–Trinajstić information content (AvgIpc) is 2.88. The lowest BCUT2D eigenvalue weighted by atomic mass is 10.1. The maximum atomic E-state index is 11.4. The molecule has 4 nitrogen and oxygen atoms in total. The summed E-state index contributed by atoms with van der Waals surface area (Å²) in [7, 11) is 1.53. The van der Waals surface area contributed by atoms with E-state index in [1.165, 1.54) is 7.11 Å². The maximum absolute atomic E-state index is 11.4. The molecule has 1 unspecified atom stereocenters. The first kappa shape index (κ1) is 14.2. The van der Waals surface area contributed by atoms with Crippen molar-refractivity contribution >= 4 is 17.6 Å². The SMILES string of the molecule is COc1ccc(C(NC2CCCC2)C(=O)O)cc1Cl. The number of carbonyl (C=O) groups is 1. The van der Waals surface area contributed by atoms with E-state index < -0.39 is 12.0 Å². The summed E-state index contributed by atoms with van der Waals surface area (Å²) in [6.07, 6.45) is 4.39. The van der Waals surface area contributed by atoms with Gasteiger partial charge in [0.25, 0.3) is 0 Å². The zero-order valence-corrected chi connectivity index (χ0v) is 11.6. The molecule has 0 amide bonds. The predicted molar refractivity (Wildman–Crippen MR) is 73.8 cm³/mol. The number of ether oxygens (including phenoxy) is 1. The summed E-state index contributed by atoms with van der Waals surface area (Å²) in [5.41, 5.74) is 0.658. The van der Waals surface area contributed by atoms with Gasteiger partial charge in [-0.05, 0) is 30.5 Å². The van der Waals surface area contributed by atoms with Gasteiger partial charge in [-0.15, -0.1) is 0 Å². The molecule has 1 aromatic rings. The quantitative estimate of drug-likeness (QED) is 0.872. The van der Waals surface area contributed by atoms with E-state index in [0.717, 1.165) is 25.7 Å². The van der Waals surface area contributed by atoms with Crippen molar-refractivity contribution in [3.63, 3.8) is 0 Å². The van der Waals surface area contributed by atoms with Gasteiger partial charge < -0.3 is 9.84 Å². The molecule has 1 aliphatic rings. The van der Waals surface area contributed by atoms with Crippen molar-refractivity contribution in [1.82, 2.24) is 5.32 Å². The second-order valence-corrected chi connectivity index (χ2v) is 5.22. The molecule has 1 aliphatic carbocycles. The molecule has 0 bridgehead atoms. The molecule has 0 aromatic heterocycles. The molecule has 5 heteroatoms. The van der Waals surface area contributed by atoms with Crippen LogP contribution in [0.15, 0.2) is 18.2 Å². The lowest BCUT2D eigenvalue weighted by molar-refractivity contribution is -0.139. The lowest BCUT2D eigenvalue weighted by Crippen LogP contribution is -2.35. The van der Waals surface area contributed by atoms with Crippen molar-refractivity contribution < 1.29 is 14.6 Å². The van der Waals surface area contributed by atoms with E-state index in [1.807, 2.05) is 0 Å². The molecule has 1 fully saturated rings. The van der Waals surface area contributed by atoms with Gasteiger partial charge >= 0.3 is 5.97 Å². The third-order valence-corrected chi connectivity index (χ3v) is 3.81. The van der Waals surface area contributed by atoms with Crippen molar-refractivity contribution in [3.05, 3.63) is 28.8 Å². The molecule has 0 heterocycles. The highest BCUT2D eigenvalue weighted by Crippen LogP contribution is 2.29. The van der Waals surface area contributed by atoms with Crippen LogP contribution in [0.1, 0.15) is 37.3 Å². The molecule has 0 aliphatic heterocycles. The van der Waals surface area contributed by atoms with Crippen LogP contribution < -0.4 is 10.1 Å². The second-order valence-electron chi connectivity index (χ2n) is 4.81. The first-order valence-corrected chi connectivity index (χ1v) is 6.82. The minimum atomic E-state index is -0.881. The highest BCUT2D eigenvalue weighted by molar-refractivity contribution is 6.32. The summed E-state index contributed by atoms with van der Waals surface area (Å²) in [6, 6.07) is 4.66. The van der Waals surface area contributed by atoms with Gasteiger partial charge in [0.1, 0.15) is 11.8 Å². The van der Waals surface area contributed by atoms with Crippen LogP contribution in [0.5, 0.6) is 5.75 Å². The molecule has 0 radical (unpaired) electrons. The monoisotopic (exact) mass is 283 g/mol. The molecule has 2 N–H and O–H groups in total. The fraction of sp³-hybridized carbons (Fsp3) is 0.500. The van der Waals surface area contributed by atoms with Crippen molar-refractivity contribution in [2.24, 2.45) is 0 Å². The molecule has 0 saturated heterocycles. The topological polar surface area (TPSA) is 58.6 Å². The molecule has 1 aromatic carbocycles. The summed E-state index contributed by atoms with van der Waals surface area (Å²) in [5.74, 6) is -0.330. The van der Waals surface area contributed by atoms with E-state index in [1.54, 1.807) is 18.2 Å². The van der Waals surface area contributed by atoms with Crippen LogP contribution >= 0.6 is 11.6 Å². The zero-order valence-electron chi connectivity index (χ0n) is 10.9. The summed E-state index contributed by atoms with van der Waals surface area (Å²) in [4.78, 5) is 11.4. The molecule has 0 spiro atoms. The highest BCUT2D eigenvalue weighted by Gasteiger charge is 2.25. The Morgan fingerprint density at radius 2 is 2.16 bits per heavy atom. The van der Waals surface area contributed by atoms with Crippen LogP contribution in [0.3, 0.4) is 0 Å². The lowest BCUT2D eigenvalue weighted by Gasteiger charge is -2.20. The molecular formula is C14H18ClNO3. The Kier molecular flexibility index (Phi) is 4.66. The smallest absolute Gasteiger partial charge is 0.325 e. The van der Waals surface area contributed by atoms with Gasteiger partial charge in [0, 0.05) is 6.04 Å². The minimum Gasteiger partial charge on any atom is -0.495 e. The molecule has 104 valence electrons. The Labute approximate surface area is 117 Å². The van der Waals surface area contributed by atoms with Crippen LogP contribution in [-0.4, -0.2) is 24.2 Å². The Hall–Kier alpha value is -1.26. The van der Waals surface area contributed by atoms with Crippen LogP contribution in [0.25, 0.3) is 0 Å². The standard InChI is InChI=1S/C14H18ClNO3/c1-19-12-7-6-9(8-11(12)15)13(14(17)18)16-10-4-2-3-5-10/h6-8,10,13,16H,2-5H2,1H3,(H,17,18). The predicted octanol–water partition coefficient (Wildman–Crippen LogP) is 3.01. The fourth-order valence-corrected chi connectivity index (χ4v) is 2.77.